The van der Waals surface area contributed by atoms with Crippen LogP contribution in [0.3, 0.4) is 0 Å². The lowest BCUT2D eigenvalue weighted by Gasteiger charge is -2.19. The molecule has 2 nitrogen and oxygen atoms in total. The van der Waals surface area contributed by atoms with Crippen LogP contribution < -0.4 is 4.74 Å². The normalized spacial score (nSPS) is 30.8. The number of ketones is 1. The molecule has 0 bridgehead atoms. The summed E-state index contributed by atoms with van der Waals surface area (Å²) in [6.07, 6.45) is 4.75. The highest BCUT2D eigenvalue weighted by Gasteiger charge is 2.45. The van der Waals surface area contributed by atoms with Crippen LogP contribution in [0.2, 0.25) is 0 Å². The minimum atomic E-state index is -3.00. The Hall–Kier alpha value is -1.71. The summed E-state index contributed by atoms with van der Waals surface area (Å²) in [5, 5.41) is 0. The van der Waals surface area contributed by atoms with Crippen LogP contribution in [0.5, 0.6) is 5.75 Å². The molecule has 1 aromatic carbocycles. The summed E-state index contributed by atoms with van der Waals surface area (Å²) in [5.74, 6) is -1.20. The molecule has 0 N–H and O–H groups in total. The lowest BCUT2D eigenvalue weighted by molar-refractivity contribution is -0.118. The van der Waals surface area contributed by atoms with Crippen LogP contribution in [0.15, 0.2) is 42.5 Å². The van der Waals surface area contributed by atoms with Crippen molar-refractivity contribution in [2.24, 2.45) is 23.7 Å². The number of hydrogen-bond donors (Lipinski definition) is 0. The van der Waals surface area contributed by atoms with Gasteiger partial charge < -0.3 is 4.74 Å². The van der Waals surface area contributed by atoms with Crippen molar-refractivity contribution in [3.05, 3.63) is 42.5 Å². The van der Waals surface area contributed by atoms with Crippen molar-refractivity contribution < 1.29 is 18.3 Å². The highest BCUT2D eigenvalue weighted by atomic mass is 19.3. The van der Waals surface area contributed by atoms with Gasteiger partial charge in [-0.3, -0.25) is 4.79 Å². The van der Waals surface area contributed by atoms with Gasteiger partial charge in [0.25, 0.3) is 5.92 Å². The van der Waals surface area contributed by atoms with E-state index >= 15 is 0 Å². The molecular formula is C19H22F2O2. The topological polar surface area (TPSA) is 26.3 Å². The molecule has 2 fully saturated rings. The number of ether oxygens (including phenoxy) is 1. The Kier molecular flexibility index (Phi) is 4.51. The molecule has 0 amide bonds. The Balaban J connectivity index is 1.60. The first-order valence-corrected chi connectivity index (χ1v) is 8.21. The van der Waals surface area contributed by atoms with E-state index in [-0.39, 0.29) is 17.6 Å². The molecular weight excluding hydrogens is 298 g/mol. The van der Waals surface area contributed by atoms with Crippen molar-refractivity contribution in [3.8, 4) is 5.75 Å². The number of halogens is 2. The minimum absolute atomic E-state index is 0.0778. The monoisotopic (exact) mass is 320 g/mol. The number of para-hydroxylation sites is 1. The summed E-state index contributed by atoms with van der Waals surface area (Å²) in [6, 6.07) is 8.63. The molecule has 0 aliphatic heterocycles. The number of allylic oxidation sites excluding steroid dienone is 1. The first kappa shape index (κ1) is 16.2. The second-order valence-corrected chi connectivity index (χ2v) is 6.88. The van der Waals surface area contributed by atoms with E-state index in [2.05, 4.69) is 6.92 Å². The van der Waals surface area contributed by atoms with Gasteiger partial charge >= 0.3 is 0 Å². The van der Waals surface area contributed by atoms with Crippen LogP contribution >= 0.6 is 0 Å². The molecule has 1 aromatic rings. The van der Waals surface area contributed by atoms with E-state index in [1.54, 1.807) is 30.3 Å². The number of Topliss-reactive ketones (excluding diaryl/α,β-unsaturated/α-hetero) is 1. The maximum absolute atomic E-state index is 14.0. The zero-order valence-corrected chi connectivity index (χ0v) is 13.3. The molecule has 0 heterocycles. The molecule has 23 heavy (non-hydrogen) atoms. The highest BCUT2D eigenvalue weighted by molar-refractivity contribution is 5.81. The standard InChI is InChI=1S/C19H22F2O2/c1-13-9-14-10-15(22)11-18(14)17(13)7-8-19(20,21)12-23-16-5-3-2-4-6-16/h2-8,13-14,17-18H,9-12H2,1H3/b8-7+/t13-,14-,17+,18+/m1/s1. The fraction of sp³-hybridized carbons (Fsp3) is 0.526. The average molecular weight is 320 g/mol. The SMILES string of the molecule is C[C@@H]1C[C@@H]2CC(=O)C[C@@H]2[C@H]1/C=C/C(F)(F)COc1ccccc1. The van der Waals surface area contributed by atoms with Crippen molar-refractivity contribution in [2.75, 3.05) is 6.61 Å². The minimum Gasteiger partial charge on any atom is -0.487 e. The molecule has 0 spiro atoms. The summed E-state index contributed by atoms with van der Waals surface area (Å²) in [5.41, 5.74) is 0. The maximum Gasteiger partial charge on any atom is 0.299 e. The molecule has 3 rings (SSSR count). The third kappa shape index (κ3) is 3.80. The number of fused-ring (bicyclic) bond motifs is 1. The van der Waals surface area contributed by atoms with Crippen LogP contribution in [0, 0.1) is 23.7 Å². The Morgan fingerprint density at radius 2 is 2.00 bits per heavy atom. The van der Waals surface area contributed by atoms with Gasteiger partial charge in [-0.1, -0.05) is 31.2 Å². The Morgan fingerprint density at radius 3 is 2.74 bits per heavy atom. The molecule has 124 valence electrons. The van der Waals surface area contributed by atoms with Crippen molar-refractivity contribution in [1.82, 2.24) is 0 Å². The van der Waals surface area contributed by atoms with Gasteiger partial charge in [0.15, 0.2) is 6.61 Å². The smallest absolute Gasteiger partial charge is 0.299 e. The fourth-order valence-electron chi connectivity index (χ4n) is 4.05. The largest absolute Gasteiger partial charge is 0.487 e. The average Bonchev–Trinajstić information content (AvgIpc) is 2.99. The number of alkyl halides is 2. The Bertz CT molecular complexity index is 582. The zero-order chi connectivity index (χ0) is 16.4. The summed E-state index contributed by atoms with van der Waals surface area (Å²) < 4.78 is 33.2. The molecule has 4 atom stereocenters. The van der Waals surface area contributed by atoms with E-state index < -0.39 is 12.5 Å². The van der Waals surface area contributed by atoms with Gasteiger partial charge in [0.2, 0.25) is 0 Å². The number of hydrogen-bond acceptors (Lipinski definition) is 2. The predicted octanol–water partition coefficient (Wildman–Crippen LogP) is 4.51. The first-order chi connectivity index (χ1) is 10.9. The van der Waals surface area contributed by atoms with Crippen LogP contribution in [-0.4, -0.2) is 18.3 Å². The van der Waals surface area contributed by atoms with Crippen LogP contribution in [0.1, 0.15) is 26.2 Å². The first-order valence-electron chi connectivity index (χ1n) is 8.21. The molecule has 0 saturated heterocycles. The molecule has 0 unspecified atom stereocenters. The van der Waals surface area contributed by atoms with E-state index in [0.717, 1.165) is 12.5 Å². The van der Waals surface area contributed by atoms with Crippen molar-refractivity contribution in [3.63, 3.8) is 0 Å². The predicted molar refractivity (Wildman–Crippen MR) is 84.5 cm³/mol. The van der Waals surface area contributed by atoms with Gasteiger partial charge in [-0.15, -0.1) is 0 Å². The summed E-state index contributed by atoms with van der Waals surface area (Å²) >= 11 is 0. The summed E-state index contributed by atoms with van der Waals surface area (Å²) in [6.45, 7) is 1.43. The Labute approximate surface area is 135 Å². The van der Waals surface area contributed by atoms with E-state index in [1.165, 1.54) is 0 Å². The van der Waals surface area contributed by atoms with Crippen molar-refractivity contribution in [2.45, 2.75) is 32.1 Å². The Morgan fingerprint density at radius 1 is 1.26 bits per heavy atom. The van der Waals surface area contributed by atoms with Crippen molar-refractivity contribution >= 4 is 5.78 Å². The van der Waals surface area contributed by atoms with E-state index in [4.69, 9.17) is 4.74 Å². The van der Waals surface area contributed by atoms with Gasteiger partial charge in [-0.05, 0) is 48.3 Å². The molecule has 4 heteroatoms. The van der Waals surface area contributed by atoms with Crippen LogP contribution in [-0.2, 0) is 4.79 Å². The van der Waals surface area contributed by atoms with Crippen molar-refractivity contribution in [1.29, 1.82) is 0 Å². The second kappa shape index (κ2) is 6.42. The molecule has 2 saturated carbocycles. The molecule has 2 aliphatic carbocycles. The quantitative estimate of drug-likeness (QED) is 0.746. The van der Waals surface area contributed by atoms with Crippen LogP contribution in [0.25, 0.3) is 0 Å². The third-order valence-electron chi connectivity index (χ3n) is 5.12. The number of rotatable bonds is 5. The summed E-state index contributed by atoms with van der Waals surface area (Å²) in [7, 11) is 0. The highest BCUT2D eigenvalue weighted by Crippen LogP contribution is 2.50. The molecule has 0 radical (unpaired) electrons. The van der Waals surface area contributed by atoms with Crippen LogP contribution in [0.4, 0.5) is 8.78 Å². The zero-order valence-electron chi connectivity index (χ0n) is 13.3. The van der Waals surface area contributed by atoms with Gasteiger partial charge in [0.1, 0.15) is 11.5 Å². The van der Waals surface area contributed by atoms with E-state index in [1.807, 2.05) is 6.07 Å². The summed E-state index contributed by atoms with van der Waals surface area (Å²) in [4.78, 5) is 11.6. The van der Waals surface area contributed by atoms with Gasteiger partial charge in [0, 0.05) is 12.8 Å². The van der Waals surface area contributed by atoms with E-state index in [9.17, 15) is 13.6 Å². The van der Waals surface area contributed by atoms with Gasteiger partial charge in [-0.25, -0.2) is 0 Å². The number of benzene rings is 1. The number of carbonyl (C=O) groups is 1. The molecule has 0 aromatic heterocycles. The fourth-order valence-corrected chi connectivity index (χ4v) is 4.05. The molecule has 2 aliphatic rings. The lowest BCUT2D eigenvalue weighted by atomic mass is 9.88. The second-order valence-electron chi connectivity index (χ2n) is 6.88. The van der Waals surface area contributed by atoms with Gasteiger partial charge in [-0.2, -0.15) is 8.78 Å². The lowest BCUT2D eigenvalue weighted by Crippen LogP contribution is -2.24. The number of carbonyl (C=O) groups excluding carboxylic acids is 1. The van der Waals surface area contributed by atoms with E-state index in [0.29, 0.717) is 30.4 Å². The van der Waals surface area contributed by atoms with Gasteiger partial charge in [0.05, 0.1) is 0 Å². The third-order valence-corrected chi connectivity index (χ3v) is 5.12. The maximum atomic E-state index is 14.0.